The molecular weight excluding hydrogens is 358 g/mol. The summed E-state index contributed by atoms with van der Waals surface area (Å²) in [5.74, 6) is 0.936. The molecule has 4 rings (SSSR count). The molecule has 5 nitrogen and oxygen atoms in total. The Morgan fingerprint density at radius 3 is 2.85 bits per heavy atom. The Labute approximate surface area is 163 Å². The summed E-state index contributed by atoms with van der Waals surface area (Å²) in [6.07, 6.45) is 1.93. The molecule has 0 saturated carbocycles. The zero-order valence-electron chi connectivity index (χ0n) is 15.1. The number of carbonyl (C=O) groups is 1. The number of fused-ring (bicyclic) bond motifs is 1. The van der Waals surface area contributed by atoms with Crippen LogP contribution in [0.4, 0.5) is 5.13 Å². The Hall–Kier alpha value is -2.60. The minimum Gasteiger partial charge on any atom is -0.492 e. The van der Waals surface area contributed by atoms with E-state index >= 15 is 0 Å². The number of carbonyl (C=O) groups excluding carboxylic acids is 1. The monoisotopic (exact) mass is 381 g/mol. The van der Waals surface area contributed by atoms with Gasteiger partial charge in [-0.05, 0) is 37.1 Å². The molecule has 140 valence electrons. The van der Waals surface area contributed by atoms with Crippen molar-refractivity contribution in [3.8, 4) is 5.75 Å². The molecule has 0 radical (unpaired) electrons. The molecule has 2 aromatic carbocycles. The number of ether oxygens (including phenoxy) is 1. The molecule has 1 aromatic heterocycles. The Kier molecular flexibility index (Phi) is 5.53. The number of benzene rings is 2. The van der Waals surface area contributed by atoms with Crippen molar-refractivity contribution in [2.75, 3.05) is 31.1 Å². The number of para-hydroxylation sites is 2. The van der Waals surface area contributed by atoms with E-state index in [4.69, 9.17) is 9.72 Å². The summed E-state index contributed by atoms with van der Waals surface area (Å²) >= 11 is 1.70. The number of piperidine rings is 1. The smallest absolute Gasteiger partial charge is 0.225 e. The van der Waals surface area contributed by atoms with Crippen LogP contribution in [-0.2, 0) is 4.79 Å². The van der Waals surface area contributed by atoms with Crippen LogP contribution in [0.15, 0.2) is 54.6 Å². The average molecular weight is 382 g/mol. The SMILES string of the molecule is O=C(NCCOc1ccccc1)C1CCCN(c2nc3ccccc3s2)C1. The number of aromatic nitrogens is 1. The lowest BCUT2D eigenvalue weighted by Gasteiger charge is -2.31. The van der Waals surface area contributed by atoms with Crippen molar-refractivity contribution in [1.29, 1.82) is 0 Å². The van der Waals surface area contributed by atoms with E-state index in [0.29, 0.717) is 13.2 Å². The predicted octanol–water partition coefficient (Wildman–Crippen LogP) is 3.71. The molecule has 0 spiro atoms. The van der Waals surface area contributed by atoms with Gasteiger partial charge >= 0.3 is 0 Å². The number of amides is 1. The Bertz CT molecular complexity index is 864. The van der Waals surface area contributed by atoms with Crippen molar-refractivity contribution in [3.63, 3.8) is 0 Å². The van der Waals surface area contributed by atoms with Crippen molar-refractivity contribution in [1.82, 2.24) is 10.3 Å². The second-order valence-corrected chi connectivity index (χ2v) is 7.71. The van der Waals surface area contributed by atoms with E-state index < -0.39 is 0 Å². The summed E-state index contributed by atoms with van der Waals surface area (Å²) in [6, 6.07) is 17.8. The first kappa shape index (κ1) is 17.8. The average Bonchev–Trinajstić information content (AvgIpc) is 3.16. The van der Waals surface area contributed by atoms with Crippen LogP contribution in [0.1, 0.15) is 12.8 Å². The number of nitrogens with one attached hydrogen (secondary N) is 1. The summed E-state index contributed by atoms with van der Waals surface area (Å²) in [6.45, 7) is 2.68. The molecule has 0 aliphatic carbocycles. The molecule has 0 bridgehead atoms. The van der Waals surface area contributed by atoms with Gasteiger partial charge < -0.3 is 15.0 Å². The predicted molar refractivity (Wildman–Crippen MR) is 110 cm³/mol. The normalized spacial score (nSPS) is 17.0. The molecule has 1 aliphatic rings. The number of thiazole rings is 1. The minimum absolute atomic E-state index is 0.00230. The van der Waals surface area contributed by atoms with Crippen LogP contribution in [0.25, 0.3) is 10.2 Å². The van der Waals surface area contributed by atoms with Gasteiger partial charge in [0.2, 0.25) is 5.91 Å². The highest BCUT2D eigenvalue weighted by Crippen LogP contribution is 2.31. The van der Waals surface area contributed by atoms with Crippen LogP contribution in [0.5, 0.6) is 5.75 Å². The molecular formula is C21H23N3O2S. The topological polar surface area (TPSA) is 54.5 Å². The van der Waals surface area contributed by atoms with Gasteiger partial charge in [0.15, 0.2) is 5.13 Å². The van der Waals surface area contributed by atoms with Gasteiger partial charge in [0, 0.05) is 13.1 Å². The third-order valence-corrected chi connectivity index (χ3v) is 5.86. The molecule has 1 saturated heterocycles. The largest absolute Gasteiger partial charge is 0.492 e. The van der Waals surface area contributed by atoms with E-state index in [2.05, 4.69) is 16.3 Å². The van der Waals surface area contributed by atoms with E-state index in [9.17, 15) is 4.79 Å². The maximum absolute atomic E-state index is 12.5. The highest BCUT2D eigenvalue weighted by molar-refractivity contribution is 7.22. The molecule has 1 atom stereocenters. The highest BCUT2D eigenvalue weighted by Gasteiger charge is 2.27. The van der Waals surface area contributed by atoms with Gasteiger partial charge in [-0.3, -0.25) is 4.79 Å². The summed E-state index contributed by atoms with van der Waals surface area (Å²) in [7, 11) is 0. The summed E-state index contributed by atoms with van der Waals surface area (Å²) in [5, 5.41) is 4.03. The third-order valence-electron chi connectivity index (χ3n) is 4.76. The number of rotatable bonds is 6. The van der Waals surface area contributed by atoms with Crippen LogP contribution < -0.4 is 15.0 Å². The molecule has 6 heteroatoms. The standard InChI is InChI=1S/C21H23N3O2S/c25-20(22-12-14-26-17-8-2-1-3-9-17)16-7-6-13-24(15-16)21-23-18-10-4-5-11-19(18)27-21/h1-5,8-11,16H,6-7,12-15H2,(H,22,25). The highest BCUT2D eigenvalue weighted by atomic mass is 32.1. The second-order valence-electron chi connectivity index (χ2n) is 6.70. The van der Waals surface area contributed by atoms with Gasteiger partial charge in [0.1, 0.15) is 12.4 Å². The quantitative estimate of drug-likeness (QED) is 0.662. The fraction of sp³-hybridized carbons (Fsp3) is 0.333. The third kappa shape index (κ3) is 4.39. The van der Waals surface area contributed by atoms with Crippen LogP contribution >= 0.6 is 11.3 Å². The summed E-state index contributed by atoms with van der Waals surface area (Å²) in [5.41, 5.74) is 1.03. The first-order valence-electron chi connectivity index (χ1n) is 9.36. The maximum Gasteiger partial charge on any atom is 0.225 e. The van der Waals surface area contributed by atoms with Crippen molar-refractivity contribution in [2.24, 2.45) is 5.92 Å². The van der Waals surface area contributed by atoms with Crippen molar-refractivity contribution in [3.05, 3.63) is 54.6 Å². The molecule has 3 aromatic rings. The minimum atomic E-state index is 0.00230. The summed E-state index contributed by atoms with van der Waals surface area (Å²) in [4.78, 5) is 19.5. The number of hydrogen-bond donors (Lipinski definition) is 1. The molecule has 1 amide bonds. The Morgan fingerprint density at radius 1 is 1.19 bits per heavy atom. The van der Waals surface area contributed by atoms with Crippen LogP contribution in [0.3, 0.4) is 0 Å². The molecule has 27 heavy (non-hydrogen) atoms. The van der Waals surface area contributed by atoms with E-state index in [1.54, 1.807) is 11.3 Å². The van der Waals surface area contributed by atoms with Crippen LogP contribution in [0, 0.1) is 5.92 Å². The molecule has 1 unspecified atom stereocenters. The molecule has 1 N–H and O–H groups in total. The van der Waals surface area contributed by atoms with Crippen LogP contribution in [-0.4, -0.2) is 37.1 Å². The van der Waals surface area contributed by atoms with Crippen molar-refractivity contribution < 1.29 is 9.53 Å². The maximum atomic E-state index is 12.5. The van der Waals surface area contributed by atoms with Gasteiger partial charge in [0.05, 0.1) is 22.7 Å². The fourth-order valence-corrected chi connectivity index (χ4v) is 4.36. The van der Waals surface area contributed by atoms with E-state index in [0.717, 1.165) is 42.3 Å². The lowest BCUT2D eigenvalue weighted by atomic mass is 9.97. The Morgan fingerprint density at radius 2 is 2.00 bits per heavy atom. The zero-order chi connectivity index (χ0) is 18.5. The van der Waals surface area contributed by atoms with E-state index in [-0.39, 0.29) is 11.8 Å². The zero-order valence-corrected chi connectivity index (χ0v) is 16.0. The first-order valence-corrected chi connectivity index (χ1v) is 10.2. The number of nitrogens with zero attached hydrogens (tertiary/aromatic N) is 2. The Balaban J connectivity index is 1.29. The lowest BCUT2D eigenvalue weighted by Crippen LogP contribution is -2.43. The molecule has 2 heterocycles. The molecule has 1 fully saturated rings. The van der Waals surface area contributed by atoms with Gasteiger partial charge in [-0.15, -0.1) is 0 Å². The number of hydrogen-bond acceptors (Lipinski definition) is 5. The lowest BCUT2D eigenvalue weighted by molar-refractivity contribution is -0.125. The molecule has 1 aliphatic heterocycles. The fourth-order valence-electron chi connectivity index (χ4n) is 3.36. The summed E-state index contributed by atoms with van der Waals surface area (Å²) < 4.78 is 6.83. The van der Waals surface area contributed by atoms with Crippen molar-refractivity contribution in [2.45, 2.75) is 12.8 Å². The van der Waals surface area contributed by atoms with Gasteiger partial charge in [-0.2, -0.15) is 0 Å². The van der Waals surface area contributed by atoms with Gasteiger partial charge in [-0.1, -0.05) is 41.7 Å². The first-order chi connectivity index (χ1) is 13.3. The second kappa shape index (κ2) is 8.39. The number of anilines is 1. The van der Waals surface area contributed by atoms with Crippen molar-refractivity contribution >= 4 is 32.6 Å². The van der Waals surface area contributed by atoms with Gasteiger partial charge in [-0.25, -0.2) is 4.98 Å². The van der Waals surface area contributed by atoms with E-state index in [1.807, 2.05) is 48.5 Å². The van der Waals surface area contributed by atoms with Crippen LogP contribution in [0.2, 0.25) is 0 Å². The van der Waals surface area contributed by atoms with Gasteiger partial charge in [0.25, 0.3) is 0 Å². The van der Waals surface area contributed by atoms with E-state index in [1.165, 1.54) is 4.70 Å².